The van der Waals surface area contributed by atoms with Gasteiger partial charge in [-0.1, -0.05) is 6.92 Å². The average molecular weight is 223 g/mol. The molecule has 0 spiro atoms. The van der Waals surface area contributed by atoms with Crippen LogP contribution >= 0.6 is 0 Å². The first-order valence-electron chi connectivity index (χ1n) is 5.40. The third kappa shape index (κ3) is 4.79. The quantitative estimate of drug-likeness (QED) is 0.719. The number of nitrogens with one attached hydrogen (secondary N) is 1. The number of rotatable bonds is 6. The second-order valence-electron chi connectivity index (χ2n) is 3.49. The van der Waals surface area contributed by atoms with Crippen LogP contribution in [0, 0.1) is 0 Å². The van der Waals surface area contributed by atoms with Gasteiger partial charge in [0.1, 0.15) is 5.76 Å². The van der Waals surface area contributed by atoms with Gasteiger partial charge in [0.25, 0.3) is 0 Å². The number of hydrogen-bond acceptors (Lipinski definition) is 3. The lowest BCUT2D eigenvalue weighted by molar-refractivity contribution is -0.116. The molecular weight excluding hydrogens is 206 g/mol. The van der Waals surface area contributed by atoms with Gasteiger partial charge in [-0.25, -0.2) is 0 Å². The molecule has 0 saturated carbocycles. The smallest absolute Gasteiger partial charge is 0.244 e. The fourth-order valence-corrected chi connectivity index (χ4v) is 1.17. The van der Waals surface area contributed by atoms with Crippen molar-refractivity contribution in [3.8, 4) is 0 Å². The van der Waals surface area contributed by atoms with E-state index < -0.39 is 0 Å². The summed E-state index contributed by atoms with van der Waals surface area (Å²) < 4.78 is 5.04. The van der Waals surface area contributed by atoms with Crippen LogP contribution in [0.1, 0.15) is 25.5 Å². The summed E-state index contributed by atoms with van der Waals surface area (Å²) in [6.07, 6.45) is 5.52. The van der Waals surface area contributed by atoms with Crippen molar-refractivity contribution in [2.75, 3.05) is 6.54 Å². The summed E-state index contributed by atoms with van der Waals surface area (Å²) in [5.41, 5.74) is 0. The molecule has 4 nitrogen and oxygen atoms in total. The second kappa shape index (κ2) is 6.85. The van der Waals surface area contributed by atoms with E-state index in [1.165, 1.54) is 6.08 Å². The minimum Gasteiger partial charge on any atom is -0.465 e. The summed E-state index contributed by atoms with van der Waals surface area (Å²) in [5.74, 6) is 0.462. The summed E-state index contributed by atoms with van der Waals surface area (Å²) in [5, 5.41) is 11.9. The van der Waals surface area contributed by atoms with Crippen LogP contribution in [-0.2, 0) is 4.79 Å². The lowest BCUT2D eigenvalue weighted by Crippen LogP contribution is -2.25. The molecule has 1 atom stereocenters. The number of aliphatic hydroxyl groups excluding tert-OH is 1. The van der Waals surface area contributed by atoms with Crippen LogP contribution in [0.4, 0.5) is 0 Å². The molecule has 0 bridgehead atoms. The van der Waals surface area contributed by atoms with E-state index in [4.69, 9.17) is 4.42 Å². The predicted octanol–water partition coefficient (Wildman–Crippen LogP) is 1.57. The van der Waals surface area contributed by atoms with Crippen LogP contribution in [0.3, 0.4) is 0 Å². The molecule has 0 aliphatic heterocycles. The molecule has 0 aromatic carbocycles. The molecule has 0 aliphatic rings. The Morgan fingerprint density at radius 1 is 1.69 bits per heavy atom. The lowest BCUT2D eigenvalue weighted by atomic mass is 10.2. The predicted molar refractivity (Wildman–Crippen MR) is 61.7 cm³/mol. The third-order valence-corrected chi connectivity index (χ3v) is 2.19. The van der Waals surface area contributed by atoms with E-state index >= 15 is 0 Å². The van der Waals surface area contributed by atoms with Gasteiger partial charge in [-0.3, -0.25) is 4.79 Å². The maximum atomic E-state index is 11.3. The Balaban J connectivity index is 2.21. The first-order chi connectivity index (χ1) is 7.72. The molecule has 1 aromatic heterocycles. The molecule has 4 heteroatoms. The van der Waals surface area contributed by atoms with E-state index in [1.54, 1.807) is 24.5 Å². The molecule has 88 valence electrons. The molecule has 0 saturated heterocycles. The zero-order valence-corrected chi connectivity index (χ0v) is 9.35. The van der Waals surface area contributed by atoms with Crippen LogP contribution in [0.5, 0.6) is 0 Å². The Labute approximate surface area is 95.0 Å². The van der Waals surface area contributed by atoms with Crippen molar-refractivity contribution in [1.29, 1.82) is 0 Å². The third-order valence-electron chi connectivity index (χ3n) is 2.19. The van der Waals surface area contributed by atoms with Crippen LogP contribution in [-0.4, -0.2) is 23.7 Å². The number of amides is 1. The monoisotopic (exact) mass is 223 g/mol. The van der Waals surface area contributed by atoms with Gasteiger partial charge in [-0.05, 0) is 31.1 Å². The van der Waals surface area contributed by atoms with Gasteiger partial charge in [-0.2, -0.15) is 0 Å². The highest BCUT2D eigenvalue weighted by atomic mass is 16.3. The van der Waals surface area contributed by atoms with Gasteiger partial charge < -0.3 is 14.8 Å². The van der Waals surface area contributed by atoms with Crippen LogP contribution in [0.2, 0.25) is 0 Å². The van der Waals surface area contributed by atoms with Crippen molar-refractivity contribution >= 4 is 12.0 Å². The zero-order chi connectivity index (χ0) is 11.8. The van der Waals surface area contributed by atoms with Gasteiger partial charge in [0.05, 0.1) is 12.4 Å². The number of hydrogen-bond donors (Lipinski definition) is 2. The summed E-state index contributed by atoms with van der Waals surface area (Å²) >= 11 is 0. The van der Waals surface area contributed by atoms with Crippen LogP contribution in [0.15, 0.2) is 28.9 Å². The highest BCUT2D eigenvalue weighted by molar-refractivity contribution is 5.91. The molecule has 1 unspecified atom stereocenters. The Kier molecular flexibility index (Phi) is 5.36. The van der Waals surface area contributed by atoms with Gasteiger partial charge in [-0.15, -0.1) is 0 Å². The molecule has 1 amide bonds. The summed E-state index contributed by atoms with van der Waals surface area (Å²) in [6.45, 7) is 2.39. The molecule has 2 N–H and O–H groups in total. The summed E-state index contributed by atoms with van der Waals surface area (Å²) in [7, 11) is 0. The number of carbonyl (C=O) groups is 1. The van der Waals surface area contributed by atoms with Gasteiger partial charge in [0.2, 0.25) is 5.91 Å². The standard InChI is InChI=1S/C12H17NO3/c1-2-10(14)7-8-13-12(15)6-5-11-4-3-9-16-11/h3-6,9-10,14H,2,7-8H2,1H3,(H,13,15)/b6-5+. The zero-order valence-electron chi connectivity index (χ0n) is 9.35. The van der Waals surface area contributed by atoms with Crippen molar-refractivity contribution < 1.29 is 14.3 Å². The van der Waals surface area contributed by atoms with E-state index in [0.717, 1.165) is 0 Å². The Morgan fingerprint density at radius 2 is 2.50 bits per heavy atom. The van der Waals surface area contributed by atoms with E-state index in [0.29, 0.717) is 25.1 Å². The highest BCUT2D eigenvalue weighted by Gasteiger charge is 2.01. The molecular formula is C12H17NO3. The van der Waals surface area contributed by atoms with Crippen molar-refractivity contribution in [3.63, 3.8) is 0 Å². The SMILES string of the molecule is CCC(O)CCNC(=O)/C=C/c1ccco1. The van der Waals surface area contributed by atoms with E-state index in [1.807, 2.05) is 6.92 Å². The van der Waals surface area contributed by atoms with Gasteiger partial charge >= 0.3 is 0 Å². The molecule has 16 heavy (non-hydrogen) atoms. The lowest BCUT2D eigenvalue weighted by Gasteiger charge is -2.06. The van der Waals surface area contributed by atoms with Crippen LogP contribution in [0.25, 0.3) is 6.08 Å². The Bertz CT molecular complexity index is 330. The van der Waals surface area contributed by atoms with Gasteiger partial charge in [0, 0.05) is 12.6 Å². The largest absolute Gasteiger partial charge is 0.465 e. The van der Waals surface area contributed by atoms with E-state index in [2.05, 4.69) is 5.32 Å². The van der Waals surface area contributed by atoms with E-state index in [9.17, 15) is 9.90 Å². The maximum Gasteiger partial charge on any atom is 0.244 e. The molecule has 1 heterocycles. The number of carbonyl (C=O) groups excluding carboxylic acids is 1. The van der Waals surface area contributed by atoms with Crippen molar-refractivity contribution in [3.05, 3.63) is 30.2 Å². The Hall–Kier alpha value is -1.55. The minimum absolute atomic E-state index is 0.181. The minimum atomic E-state index is -0.339. The fraction of sp³-hybridized carbons (Fsp3) is 0.417. The molecule has 0 radical (unpaired) electrons. The van der Waals surface area contributed by atoms with Gasteiger partial charge in [0.15, 0.2) is 0 Å². The summed E-state index contributed by atoms with van der Waals surface area (Å²) in [4.78, 5) is 11.3. The maximum absolute atomic E-state index is 11.3. The van der Waals surface area contributed by atoms with E-state index in [-0.39, 0.29) is 12.0 Å². The molecule has 0 aliphatic carbocycles. The average Bonchev–Trinajstić information content (AvgIpc) is 2.79. The van der Waals surface area contributed by atoms with Crippen molar-refractivity contribution in [1.82, 2.24) is 5.32 Å². The van der Waals surface area contributed by atoms with Crippen LogP contribution < -0.4 is 5.32 Å². The molecule has 1 aromatic rings. The molecule has 1 rings (SSSR count). The number of aliphatic hydroxyl groups is 1. The first kappa shape index (κ1) is 12.5. The second-order valence-corrected chi connectivity index (χ2v) is 3.49. The van der Waals surface area contributed by atoms with Crippen molar-refractivity contribution in [2.24, 2.45) is 0 Å². The fourth-order valence-electron chi connectivity index (χ4n) is 1.17. The van der Waals surface area contributed by atoms with Crippen molar-refractivity contribution in [2.45, 2.75) is 25.9 Å². The molecule has 0 fully saturated rings. The Morgan fingerprint density at radius 3 is 3.12 bits per heavy atom. The highest BCUT2D eigenvalue weighted by Crippen LogP contribution is 2.01. The summed E-state index contributed by atoms with van der Waals surface area (Å²) in [6, 6.07) is 3.53. The first-order valence-corrected chi connectivity index (χ1v) is 5.40. The topological polar surface area (TPSA) is 62.5 Å². The normalized spacial score (nSPS) is 12.9. The number of furan rings is 1.